The van der Waals surface area contributed by atoms with Gasteiger partial charge < -0.3 is 15.4 Å². The number of nitrogens with two attached hydrogens (primary N) is 1. The highest BCUT2D eigenvalue weighted by molar-refractivity contribution is 6.35. The number of hydrogen-bond donors (Lipinski definition) is 1. The summed E-state index contributed by atoms with van der Waals surface area (Å²) in [5.74, 6) is -0.115. The van der Waals surface area contributed by atoms with Gasteiger partial charge >= 0.3 is 0 Å². The van der Waals surface area contributed by atoms with Gasteiger partial charge in [-0.1, -0.05) is 23.2 Å². The standard InChI is InChI=1S/C14H18Cl2N2O2.ClH/c1-8-13-9(5-10(15)6-11(13)16)3-4-18(8)14(19)12(17)7-20-2;/h5-6,8,12H,3-4,7,17H2,1-2H3;1H. The van der Waals surface area contributed by atoms with Gasteiger partial charge in [0, 0.05) is 23.7 Å². The van der Waals surface area contributed by atoms with Crippen molar-refractivity contribution in [2.45, 2.75) is 25.4 Å². The van der Waals surface area contributed by atoms with Crippen LogP contribution in [0.4, 0.5) is 0 Å². The van der Waals surface area contributed by atoms with Crippen LogP contribution in [0.15, 0.2) is 12.1 Å². The maximum absolute atomic E-state index is 12.3. The number of carbonyl (C=O) groups excluding carboxylic acids is 1. The van der Waals surface area contributed by atoms with Crippen molar-refractivity contribution in [3.05, 3.63) is 33.3 Å². The summed E-state index contributed by atoms with van der Waals surface area (Å²) in [6.07, 6.45) is 0.728. The van der Waals surface area contributed by atoms with Crippen molar-refractivity contribution in [2.24, 2.45) is 5.73 Å². The summed E-state index contributed by atoms with van der Waals surface area (Å²) in [6, 6.07) is 2.87. The SMILES string of the molecule is COCC(N)C(=O)N1CCc2cc(Cl)cc(Cl)c2C1C.Cl. The molecule has 1 aliphatic heterocycles. The molecule has 0 aromatic heterocycles. The van der Waals surface area contributed by atoms with Gasteiger partial charge in [-0.3, -0.25) is 4.79 Å². The Morgan fingerprint density at radius 1 is 1.52 bits per heavy atom. The number of ether oxygens (including phenoxy) is 1. The molecule has 0 saturated carbocycles. The topological polar surface area (TPSA) is 55.6 Å². The van der Waals surface area contributed by atoms with Crippen molar-refractivity contribution in [1.82, 2.24) is 4.90 Å². The Morgan fingerprint density at radius 3 is 2.81 bits per heavy atom. The number of nitrogens with zero attached hydrogens (tertiary/aromatic N) is 1. The van der Waals surface area contributed by atoms with Gasteiger partial charge in [0.2, 0.25) is 5.91 Å². The van der Waals surface area contributed by atoms with Gasteiger partial charge in [0.15, 0.2) is 0 Å². The van der Waals surface area contributed by atoms with Crippen molar-refractivity contribution in [3.8, 4) is 0 Å². The van der Waals surface area contributed by atoms with Crippen LogP contribution >= 0.6 is 35.6 Å². The molecule has 2 N–H and O–H groups in total. The zero-order chi connectivity index (χ0) is 14.9. The van der Waals surface area contributed by atoms with Crippen LogP contribution in [0.1, 0.15) is 24.1 Å². The first-order chi connectivity index (χ1) is 9.45. The van der Waals surface area contributed by atoms with Gasteiger partial charge in [0.25, 0.3) is 0 Å². The number of benzene rings is 1. The van der Waals surface area contributed by atoms with Crippen LogP contribution in [0, 0.1) is 0 Å². The predicted molar refractivity (Wildman–Crippen MR) is 87.4 cm³/mol. The summed E-state index contributed by atoms with van der Waals surface area (Å²) < 4.78 is 4.94. The van der Waals surface area contributed by atoms with Crippen LogP contribution < -0.4 is 5.73 Å². The molecular weight excluding hydrogens is 335 g/mol. The molecule has 0 radical (unpaired) electrons. The fraction of sp³-hybridized carbons (Fsp3) is 0.500. The maximum atomic E-state index is 12.3. The Kier molecular flexibility index (Phi) is 6.75. The molecule has 118 valence electrons. The largest absolute Gasteiger partial charge is 0.383 e. The lowest BCUT2D eigenvalue weighted by Gasteiger charge is -2.37. The highest BCUT2D eigenvalue weighted by atomic mass is 35.5. The quantitative estimate of drug-likeness (QED) is 0.909. The molecule has 1 amide bonds. The first-order valence-corrected chi connectivity index (χ1v) is 7.24. The minimum absolute atomic E-state index is 0. The van der Waals surface area contributed by atoms with Gasteiger partial charge in [0.1, 0.15) is 6.04 Å². The highest BCUT2D eigenvalue weighted by Crippen LogP contribution is 2.37. The third kappa shape index (κ3) is 3.82. The van der Waals surface area contributed by atoms with Gasteiger partial charge in [-0.05, 0) is 36.6 Å². The van der Waals surface area contributed by atoms with Crippen molar-refractivity contribution in [2.75, 3.05) is 20.3 Å². The molecule has 1 aromatic rings. The van der Waals surface area contributed by atoms with Gasteiger partial charge in [-0.2, -0.15) is 0 Å². The third-order valence-corrected chi connectivity index (χ3v) is 4.16. The molecule has 2 atom stereocenters. The second-order valence-electron chi connectivity index (χ2n) is 4.98. The zero-order valence-electron chi connectivity index (χ0n) is 11.9. The number of methoxy groups -OCH3 is 1. The van der Waals surface area contributed by atoms with E-state index >= 15 is 0 Å². The molecule has 7 heteroatoms. The molecule has 0 bridgehead atoms. The molecule has 21 heavy (non-hydrogen) atoms. The van der Waals surface area contributed by atoms with Crippen LogP contribution in [-0.4, -0.2) is 37.1 Å². The lowest BCUT2D eigenvalue weighted by molar-refractivity contribution is -0.136. The van der Waals surface area contributed by atoms with Gasteiger partial charge in [-0.15, -0.1) is 12.4 Å². The number of rotatable bonds is 3. The summed E-state index contributed by atoms with van der Waals surface area (Å²) in [4.78, 5) is 14.1. The molecule has 4 nitrogen and oxygen atoms in total. The van der Waals surface area contributed by atoms with Crippen LogP contribution in [0.5, 0.6) is 0 Å². The predicted octanol–water partition coefficient (Wildman–Crippen LogP) is 2.83. The van der Waals surface area contributed by atoms with E-state index in [1.54, 1.807) is 11.0 Å². The van der Waals surface area contributed by atoms with E-state index in [-0.39, 0.29) is 31.0 Å². The summed E-state index contributed by atoms with van der Waals surface area (Å²) in [7, 11) is 1.53. The average Bonchev–Trinajstić information content (AvgIpc) is 2.37. The van der Waals surface area contributed by atoms with Crippen molar-refractivity contribution in [1.29, 1.82) is 0 Å². The van der Waals surface area contributed by atoms with Crippen LogP contribution in [-0.2, 0) is 16.0 Å². The monoisotopic (exact) mass is 352 g/mol. The fourth-order valence-corrected chi connectivity index (χ4v) is 3.36. The van der Waals surface area contributed by atoms with E-state index in [2.05, 4.69) is 0 Å². The minimum Gasteiger partial charge on any atom is -0.383 e. The highest BCUT2D eigenvalue weighted by Gasteiger charge is 2.32. The summed E-state index contributed by atoms with van der Waals surface area (Å²) >= 11 is 12.3. The molecule has 0 fully saturated rings. The molecule has 0 spiro atoms. The third-order valence-electron chi connectivity index (χ3n) is 3.63. The van der Waals surface area contributed by atoms with Gasteiger partial charge in [0.05, 0.1) is 12.6 Å². The Hall–Kier alpha value is -0.520. The molecule has 0 aliphatic carbocycles. The molecule has 2 rings (SSSR count). The second kappa shape index (κ2) is 7.65. The van der Waals surface area contributed by atoms with Gasteiger partial charge in [-0.25, -0.2) is 0 Å². The first kappa shape index (κ1) is 18.5. The smallest absolute Gasteiger partial charge is 0.242 e. The van der Waals surface area contributed by atoms with E-state index in [0.29, 0.717) is 16.6 Å². The Bertz CT molecular complexity index is 525. The number of hydrogen-bond acceptors (Lipinski definition) is 3. The normalized spacial score (nSPS) is 18.7. The van der Waals surface area contributed by atoms with Crippen molar-refractivity contribution in [3.63, 3.8) is 0 Å². The lowest BCUT2D eigenvalue weighted by Crippen LogP contribution is -2.49. The van der Waals surface area contributed by atoms with Crippen molar-refractivity contribution < 1.29 is 9.53 Å². The Balaban J connectivity index is 0.00000220. The number of amides is 1. The maximum Gasteiger partial charge on any atom is 0.242 e. The molecular formula is C14H19Cl3N2O2. The molecule has 0 saturated heterocycles. The van der Waals surface area contributed by atoms with Crippen LogP contribution in [0.2, 0.25) is 10.0 Å². The van der Waals surface area contributed by atoms with E-state index in [1.165, 1.54) is 7.11 Å². The van der Waals surface area contributed by atoms with Crippen LogP contribution in [0.3, 0.4) is 0 Å². The Labute approximate surface area is 140 Å². The average molecular weight is 354 g/mol. The van der Waals surface area contributed by atoms with E-state index < -0.39 is 6.04 Å². The van der Waals surface area contributed by atoms with E-state index in [0.717, 1.165) is 17.5 Å². The number of carbonyl (C=O) groups is 1. The minimum atomic E-state index is -0.643. The van der Waals surface area contributed by atoms with Crippen molar-refractivity contribution >= 4 is 41.5 Å². The molecule has 1 heterocycles. The first-order valence-electron chi connectivity index (χ1n) is 6.48. The van der Waals surface area contributed by atoms with E-state index in [9.17, 15) is 4.79 Å². The Morgan fingerprint density at radius 2 is 2.19 bits per heavy atom. The summed E-state index contributed by atoms with van der Waals surface area (Å²) in [5, 5.41) is 1.22. The summed E-state index contributed by atoms with van der Waals surface area (Å²) in [6.45, 7) is 2.78. The summed E-state index contributed by atoms with van der Waals surface area (Å²) in [5.41, 5.74) is 7.89. The van der Waals surface area contributed by atoms with E-state index in [4.69, 9.17) is 33.7 Å². The fourth-order valence-electron chi connectivity index (χ4n) is 2.67. The zero-order valence-corrected chi connectivity index (χ0v) is 14.3. The molecule has 1 aromatic carbocycles. The second-order valence-corrected chi connectivity index (χ2v) is 5.82. The number of halogens is 3. The van der Waals surface area contributed by atoms with Crippen LogP contribution in [0.25, 0.3) is 0 Å². The van der Waals surface area contributed by atoms with E-state index in [1.807, 2.05) is 13.0 Å². The molecule has 1 aliphatic rings. The lowest BCUT2D eigenvalue weighted by atomic mass is 9.93. The molecule has 2 unspecified atom stereocenters. The number of fused-ring (bicyclic) bond motifs is 1.